The summed E-state index contributed by atoms with van der Waals surface area (Å²) < 4.78 is 0. The standard InChI is InChI=1S/C24H27N3O2/c1-18-15-19(2)22-21(16-18)27(24(29)23(22)28)17-26-13-11-25(12-14-26)10-6-9-20-7-4-3-5-8-20/h3-9,15-16H,10-14,17H2,1-2H3/b9-6+. The van der Waals surface area contributed by atoms with E-state index in [1.54, 1.807) is 4.90 Å². The molecule has 29 heavy (non-hydrogen) atoms. The van der Waals surface area contributed by atoms with Crippen molar-refractivity contribution in [1.82, 2.24) is 9.80 Å². The van der Waals surface area contributed by atoms with Gasteiger partial charge in [0.05, 0.1) is 17.9 Å². The molecule has 0 saturated carbocycles. The number of hydrogen-bond donors (Lipinski definition) is 0. The number of piperazine rings is 1. The van der Waals surface area contributed by atoms with Crippen LogP contribution in [0, 0.1) is 13.8 Å². The van der Waals surface area contributed by atoms with Gasteiger partial charge in [0, 0.05) is 32.7 Å². The molecule has 0 aromatic heterocycles. The van der Waals surface area contributed by atoms with Crippen molar-refractivity contribution in [3.05, 3.63) is 70.8 Å². The molecular weight excluding hydrogens is 362 g/mol. The highest BCUT2D eigenvalue weighted by Crippen LogP contribution is 2.32. The van der Waals surface area contributed by atoms with E-state index < -0.39 is 5.91 Å². The fourth-order valence-electron chi connectivity index (χ4n) is 4.15. The highest BCUT2D eigenvalue weighted by Gasteiger charge is 2.38. The summed E-state index contributed by atoms with van der Waals surface area (Å²) >= 11 is 0. The minimum atomic E-state index is -0.401. The molecule has 1 saturated heterocycles. The zero-order valence-corrected chi connectivity index (χ0v) is 17.1. The third-order valence-electron chi connectivity index (χ3n) is 5.70. The summed E-state index contributed by atoms with van der Waals surface area (Å²) in [5.74, 6) is -0.774. The summed E-state index contributed by atoms with van der Waals surface area (Å²) in [4.78, 5) is 31.3. The van der Waals surface area contributed by atoms with Crippen LogP contribution in [0.15, 0.2) is 48.5 Å². The smallest absolute Gasteiger partial charge is 0.297 e. The van der Waals surface area contributed by atoms with Gasteiger partial charge < -0.3 is 0 Å². The molecule has 0 unspecified atom stereocenters. The van der Waals surface area contributed by atoms with E-state index in [0.717, 1.165) is 49.5 Å². The molecule has 0 N–H and O–H groups in total. The molecule has 0 aliphatic carbocycles. The number of rotatable bonds is 5. The molecule has 1 amide bonds. The molecule has 0 atom stereocenters. The molecule has 2 aromatic carbocycles. The minimum absolute atomic E-state index is 0.373. The van der Waals surface area contributed by atoms with Crippen LogP contribution in [0.5, 0.6) is 0 Å². The first-order valence-electron chi connectivity index (χ1n) is 10.2. The summed E-state index contributed by atoms with van der Waals surface area (Å²) in [7, 11) is 0. The first kappa shape index (κ1) is 19.6. The van der Waals surface area contributed by atoms with Gasteiger partial charge in [-0.3, -0.25) is 24.3 Å². The first-order chi connectivity index (χ1) is 14.0. The van der Waals surface area contributed by atoms with Crippen LogP contribution >= 0.6 is 0 Å². The molecular formula is C24H27N3O2. The third kappa shape index (κ3) is 4.16. The van der Waals surface area contributed by atoms with Crippen LogP contribution in [0.3, 0.4) is 0 Å². The van der Waals surface area contributed by atoms with E-state index in [4.69, 9.17) is 0 Å². The number of carbonyl (C=O) groups is 2. The van der Waals surface area contributed by atoms with E-state index >= 15 is 0 Å². The Hall–Kier alpha value is -2.76. The van der Waals surface area contributed by atoms with Crippen molar-refractivity contribution in [1.29, 1.82) is 0 Å². The van der Waals surface area contributed by atoms with Gasteiger partial charge in [0.1, 0.15) is 0 Å². The van der Waals surface area contributed by atoms with Gasteiger partial charge in [0.25, 0.3) is 5.78 Å². The number of carbonyl (C=O) groups excluding carboxylic acids is 2. The van der Waals surface area contributed by atoms with Crippen LogP contribution < -0.4 is 4.90 Å². The second-order valence-electron chi connectivity index (χ2n) is 7.91. The summed E-state index contributed by atoms with van der Waals surface area (Å²) in [5.41, 5.74) is 4.52. The molecule has 0 bridgehead atoms. The summed E-state index contributed by atoms with van der Waals surface area (Å²) in [6.45, 7) is 8.99. The second kappa shape index (κ2) is 8.31. The SMILES string of the molecule is Cc1cc(C)c2c(c1)N(CN1CCN(C/C=C/c3ccccc3)CC1)C(=O)C2=O. The van der Waals surface area contributed by atoms with E-state index in [9.17, 15) is 9.59 Å². The normalized spacial score (nSPS) is 18.1. The molecule has 5 nitrogen and oxygen atoms in total. The number of anilines is 1. The van der Waals surface area contributed by atoms with Crippen molar-refractivity contribution in [2.24, 2.45) is 0 Å². The summed E-state index contributed by atoms with van der Waals surface area (Å²) in [5, 5.41) is 0. The number of benzene rings is 2. The Bertz CT molecular complexity index is 944. The lowest BCUT2D eigenvalue weighted by Crippen LogP contribution is -2.50. The maximum atomic E-state index is 12.6. The monoisotopic (exact) mass is 389 g/mol. The fourth-order valence-corrected chi connectivity index (χ4v) is 4.15. The molecule has 0 radical (unpaired) electrons. The molecule has 5 heteroatoms. The topological polar surface area (TPSA) is 43.9 Å². The Kier molecular flexibility index (Phi) is 5.60. The Balaban J connectivity index is 1.34. The number of Topliss-reactive ketones (excluding diaryl/α,β-unsaturated/α-hetero) is 1. The van der Waals surface area contributed by atoms with Crippen LogP contribution in [-0.4, -0.2) is 60.9 Å². The number of ketones is 1. The van der Waals surface area contributed by atoms with Crippen LogP contribution in [0.4, 0.5) is 5.69 Å². The third-order valence-corrected chi connectivity index (χ3v) is 5.70. The molecule has 2 aliphatic heterocycles. The highest BCUT2D eigenvalue weighted by molar-refractivity contribution is 6.52. The predicted molar refractivity (Wildman–Crippen MR) is 116 cm³/mol. The first-order valence-corrected chi connectivity index (χ1v) is 10.2. The van der Waals surface area contributed by atoms with Gasteiger partial charge in [-0.1, -0.05) is 48.6 Å². The van der Waals surface area contributed by atoms with Gasteiger partial charge >= 0.3 is 5.91 Å². The minimum Gasteiger partial charge on any atom is -0.297 e. The molecule has 2 heterocycles. The van der Waals surface area contributed by atoms with Crippen molar-refractivity contribution in [3.63, 3.8) is 0 Å². The average molecular weight is 389 g/mol. The molecule has 2 aliphatic rings. The lowest BCUT2D eigenvalue weighted by molar-refractivity contribution is -0.114. The predicted octanol–water partition coefficient (Wildman–Crippen LogP) is 3.12. The summed E-state index contributed by atoms with van der Waals surface area (Å²) in [6, 6.07) is 14.2. The van der Waals surface area contributed by atoms with Gasteiger partial charge in [-0.05, 0) is 36.6 Å². The van der Waals surface area contributed by atoms with Crippen LogP contribution in [0.25, 0.3) is 6.08 Å². The average Bonchev–Trinajstić information content (AvgIpc) is 2.95. The lowest BCUT2D eigenvalue weighted by atomic mass is 10.0. The fraction of sp³-hybridized carbons (Fsp3) is 0.333. The van der Waals surface area contributed by atoms with Crippen molar-refractivity contribution >= 4 is 23.5 Å². The van der Waals surface area contributed by atoms with E-state index in [-0.39, 0.29) is 5.78 Å². The molecule has 1 fully saturated rings. The number of fused-ring (bicyclic) bond motifs is 1. The van der Waals surface area contributed by atoms with Crippen LogP contribution in [-0.2, 0) is 4.79 Å². The van der Waals surface area contributed by atoms with Crippen LogP contribution in [0.2, 0.25) is 0 Å². The van der Waals surface area contributed by atoms with Crippen molar-refractivity contribution < 1.29 is 9.59 Å². The van der Waals surface area contributed by atoms with Gasteiger partial charge in [-0.15, -0.1) is 0 Å². The zero-order valence-electron chi connectivity index (χ0n) is 17.1. The van der Waals surface area contributed by atoms with E-state index in [2.05, 4.69) is 34.1 Å². The molecule has 150 valence electrons. The number of hydrogen-bond acceptors (Lipinski definition) is 4. The van der Waals surface area contributed by atoms with Gasteiger partial charge in [-0.2, -0.15) is 0 Å². The van der Waals surface area contributed by atoms with E-state index in [1.165, 1.54) is 5.56 Å². The molecule has 4 rings (SSSR count). The largest absolute Gasteiger partial charge is 0.300 e. The number of nitrogens with zero attached hydrogens (tertiary/aromatic N) is 3. The Morgan fingerprint density at radius 3 is 2.34 bits per heavy atom. The zero-order chi connectivity index (χ0) is 20.4. The molecule has 2 aromatic rings. The van der Waals surface area contributed by atoms with Gasteiger partial charge in [0.15, 0.2) is 0 Å². The van der Waals surface area contributed by atoms with E-state index in [1.807, 2.05) is 44.2 Å². The van der Waals surface area contributed by atoms with Crippen molar-refractivity contribution in [2.45, 2.75) is 13.8 Å². The number of aryl methyl sites for hydroxylation is 2. The Morgan fingerprint density at radius 2 is 1.62 bits per heavy atom. The lowest BCUT2D eigenvalue weighted by Gasteiger charge is -2.36. The summed E-state index contributed by atoms with van der Waals surface area (Å²) in [6.07, 6.45) is 4.36. The molecule has 0 spiro atoms. The van der Waals surface area contributed by atoms with Crippen molar-refractivity contribution in [3.8, 4) is 0 Å². The second-order valence-corrected chi connectivity index (χ2v) is 7.91. The maximum absolute atomic E-state index is 12.6. The quantitative estimate of drug-likeness (QED) is 0.737. The highest BCUT2D eigenvalue weighted by atomic mass is 16.2. The van der Waals surface area contributed by atoms with Crippen LogP contribution in [0.1, 0.15) is 27.0 Å². The van der Waals surface area contributed by atoms with Gasteiger partial charge in [0.2, 0.25) is 0 Å². The maximum Gasteiger partial charge on any atom is 0.300 e. The number of amides is 1. The van der Waals surface area contributed by atoms with Crippen molar-refractivity contribution in [2.75, 3.05) is 44.3 Å². The van der Waals surface area contributed by atoms with E-state index in [0.29, 0.717) is 12.2 Å². The Labute approximate surface area is 172 Å². The Morgan fingerprint density at radius 1 is 0.931 bits per heavy atom. The van der Waals surface area contributed by atoms with Gasteiger partial charge in [-0.25, -0.2) is 0 Å².